The van der Waals surface area contributed by atoms with E-state index in [4.69, 9.17) is 15.9 Å². The minimum atomic E-state index is -0.622. The van der Waals surface area contributed by atoms with Gasteiger partial charge in [0.25, 0.3) is 0 Å². The predicted molar refractivity (Wildman–Crippen MR) is 68.4 cm³/mol. The molecule has 0 saturated heterocycles. The summed E-state index contributed by atoms with van der Waals surface area (Å²) in [5.41, 5.74) is 5.55. The van der Waals surface area contributed by atoms with Gasteiger partial charge in [-0.3, -0.25) is 10.7 Å². The highest BCUT2D eigenvalue weighted by atomic mass is 32.1. The topological polar surface area (TPSA) is 88.2 Å². The standard InChI is InChI=1S/C11H17N3O2S/c1-11(2,3)16-10(15)14-9(13)7-4-8(5-12)17-6-7/h4,6H,5,12H2,1-3H3,(H2,13,14,15). The van der Waals surface area contributed by atoms with Crippen LogP contribution in [0.25, 0.3) is 0 Å². The number of rotatable bonds is 2. The number of amides is 1. The molecule has 1 aromatic heterocycles. The molecular formula is C11H17N3O2S. The molecule has 17 heavy (non-hydrogen) atoms. The summed E-state index contributed by atoms with van der Waals surface area (Å²) in [5, 5.41) is 11.9. The smallest absolute Gasteiger partial charge is 0.413 e. The molecule has 0 fully saturated rings. The van der Waals surface area contributed by atoms with E-state index in [0.29, 0.717) is 12.1 Å². The van der Waals surface area contributed by atoms with E-state index in [0.717, 1.165) is 4.88 Å². The monoisotopic (exact) mass is 255 g/mol. The van der Waals surface area contributed by atoms with Crippen LogP contribution in [-0.2, 0) is 11.3 Å². The van der Waals surface area contributed by atoms with Gasteiger partial charge in [0, 0.05) is 22.4 Å². The second kappa shape index (κ2) is 5.29. The Labute approximate surface area is 104 Å². The Morgan fingerprint density at radius 2 is 2.24 bits per heavy atom. The van der Waals surface area contributed by atoms with Crippen molar-refractivity contribution in [2.75, 3.05) is 0 Å². The van der Waals surface area contributed by atoms with Gasteiger partial charge in [-0.05, 0) is 26.8 Å². The number of hydrogen-bond donors (Lipinski definition) is 3. The molecule has 0 unspecified atom stereocenters. The molecular weight excluding hydrogens is 238 g/mol. The molecule has 0 radical (unpaired) electrons. The van der Waals surface area contributed by atoms with Crippen LogP contribution in [0, 0.1) is 5.41 Å². The number of alkyl carbamates (subject to hydrolysis) is 1. The zero-order valence-corrected chi connectivity index (χ0v) is 11.0. The molecule has 1 rings (SSSR count). The Hall–Kier alpha value is -1.40. The summed E-state index contributed by atoms with van der Waals surface area (Å²) in [5.74, 6) is 0.0233. The average molecular weight is 255 g/mol. The Kier molecular flexibility index (Phi) is 4.25. The van der Waals surface area contributed by atoms with Gasteiger partial charge in [-0.15, -0.1) is 11.3 Å². The number of amidine groups is 1. The molecule has 6 heteroatoms. The Morgan fingerprint density at radius 3 is 2.71 bits per heavy atom. The molecule has 1 aromatic rings. The summed E-state index contributed by atoms with van der Waals surface area (Å²) in [6, 6.07) is 1.78. The van der Waals surface area contributed by atoms with Gasteiger partial charge in [-0.1, -0.05) is 0 Å². The first-order chi connectivity index (χ1) is 7.81. The lowest BCUT2D eigenvalue weighted by molar-refractivity contribution is 0.0563. The molecule has 0 aromatic carbocycles. The molecule has 1 amide bonds. The molecule has 0 aliphatic rings. The lowest BCUT2D eigenvalue weighted by Gasteiger charge is -2.19. The number of hydrogen-bond acceptors (Lipinski definition) is 5. The molecule has 0 spiro atoms. The van der Waals surface area contributed by atoms with Crippen molar-refractivity contribution in [2.45, 2.75) is 32.9 Å². The Bertz CT molecular complexity index is 421. The van der Waals surface area contributed by atoms with Crippen LogP contribution in [0.4, 0.5) is 4.79 Å². The van der Waals surface area contributed by atoms with E-state index in [-0.39, 0.29) is 5.84 Å². The maximum absolute atomic E-state index is 11.4. The number of ether oxygens (including phenoxy) is 1. The van der Waals surface area contributed by atoms with Crippen LogP contribution in [0.2, 0.25) is 0 Å². The van der Waals surface area contributed by atoms with Gasteiger partial charge in [-0.2, -0.15) is 0 Å². The van der Waals surface area contributed by atoms with E-state index in [2.05, 4.69) is 5.32 Å². The summed E-state index contributed by atoms with van der Waals surface area (Å²) in [6.07, 6.45) is -0.622. The Morgan fingerprint density at radius 1 is 1.59 bits per heavy atom. The lowest BCUT2D eigenvalue weighted by Crippen LogP contribution is -2.36. The highest BCUT2D eigenvalue weighted by Gasteiger charge is 2.17. The molecule has 4 N–H and O–H groups in total. The van der Waals surface area contributed by atoms with Crippen molar-refractivity contribution < 1.29 is 9.53 Å². The first-order valence-electron chi connectivity index (χ1n) is 5.18. The fourth-order valence-electron chi connectivity index (χ4n) is 1.10. The fraction of sp³-hybridized carbons (Fsp3) is 0.455. The normalized spacial score (nSPS) is 11.1. The predicted octanol–water partition coefficient (Wildman–Crippen LogP) is 2.06. The highest BCUT2D eigenvalue weighted by Crippen LogP contribution is 2.14. The number of nitrogens with two attached hydrogens (primary N) is 1. The van der Waals surface area contributed by atoms with Crippen molar-refractivity contribution in [1.29, 1.82) is 5.41 Å². The van der Waals surface area contributed by atoms with Gasteiger partial charge in [-0.25, -0.2) is 4.79 Å². The first kappa shape index (κ1) is 13.7. The molecule has 0 atom stereocenters. The first-order valence-corrected chi connectivity index (χ1v) is 6.06. The molecule has 1 heterocycles. The number of carbonyl (C=O) groups excluding carboxylic acids is 1. The minimum Gasteiger partial charge on any atom is -0.444 e. The second-order valence-electron chi connectivity index (χ2n) is 4.51. The zero-order valence-electron chi connectivity index (χ0n) is 10.2. The quantitative estimate of drug-likeness (QED) is 0.558. The molecule has 0 aliphatic carbocycles. The Balaban J connectivity index is 2.57. The third-order valence-corrected chi connectivity index (χ3v) is 2.73. The van der Waals surface area contributed by atoms with E-state index >= 15 is 0 Å². The molecule has 0 bridgehead atoms. The molecule has 5 nitrogen and oxygen atoms in total. The van der Waals surface area contributed by atoms with Crippen molar-refractivity contribution in [2.24, 2.45) is 5.73 Å². The number of carbonyl (C=O) groups is 1. The summed E-state index contributed by atoms with van der Waals surface area (Å²) >= 11 is 1.46. The number of nitrogens with one attached hydrogen (secondary N) is 2. The molecule has 0 saturated carbocycles. The lowest BCUT2D eigenvalue weighted by atomic mass is 10.2. The van der Waals surface area contributed by atoms with E-state index < -0.39 is 11.7 Å². The third-order valence-electron chi connectivity index (χ3n) is 1.77. The van der Waals surface area contributed by atoms with E-state index in [1.165, 1.54) is 11.3 Å². The van der Waals surface area contributed by atoms with Crippen LogP contribution in [0.5, 0.6) is 0 Å². The summed E-state index contributed by atoms with van der Waals surface area (Å²) in [6.45, 7) is 5.75. The molecule has 0 aliphatic heterocycles. The SMILES string of the molecule is CC(C)(C)OC(=O)NC(=N)c1csc(CN)c1. The second-order valence-corrected chi connectivity index (χ2v) is 5.50. The van der Waals surface area contributed by atoms with Crippen molar-refractivity contribution in [3.63, 3.8) is 0 Å². The third kappa shape index (κ3) is 4.54. The number of thiophene rings is 1. The molecule has 94 valence electrons. The van der Waals surface area contributed by atoms with Crippen LogP contribution in [-0.4, -0.2) is 17.5 Å². The summed E-state index contributed by atoms with van der Waals surface area (Å²) < 4.78 is 5.05. The van der Waals surface area contributed by atoms with Gasteiger partial charge in [0.2, 0.25) is 0 Å². The van der Waals surface area contributed by atoms with Gasteiger partial charge >= 0.3 is 6.09 Å². The van der Waals surface area contributed by atoms with Crippen molar-refractivity contribution in [3.05, 3.63) is 21.9 Å². The van der Waals surface area contributed by atoms with Crippen LogP contribution in [0.1, 0.15) is 31.2 Å². The van der Waals surface area contributed by atoms with Crippen molar-refractivity contribution in [3.8, 4) is 0 Å². The van der Waals surface area contributed by atoms with E-state index in [1.54, 1.807) is 32.2 Å². The maximum Gasteiger partial charge on any atom is 0.413 e. The highest BCUT2D eigenvalue weighted by molar-refractivity contribution is 7.10. The van der Waals surface area contributed by atoms with Crippen LogP contribution < -0.4 is 11.1 Å². The summed E-state index contributed by atoms with van der Waals surface area (Å²) in [4.78, 5) is 12.4. The summed E-state index contributed by atoms with van der Waals surface area (Å²) in [7, 11) is 0. The fourth-order valence-corrected chi connectivity index (χ4v) is 1.85. The van der Waals surface area contributed by atoms with Gasteiger partial charge in [0.05, 0.1) is 0 Å². The van der Waals surface area contributed by atoms with Crippen molar-refractivity contribution in [1.82, 2.24) is 5.32 Å². The van der Waals surface area contributed by atoms with Gasteiger partial charge in [0.15, 0.2) is 0 Å². The van der Waals surface area contributed by atoms with Gasteiger partial charge < -0.3 is 10.5 Å². The van der Waals surface area contributed by atoms with Crippen LogP contribution in [0.15, 0.2) is 11.4 Å². The zero-order chi connectivity index (χ0) is 13.1. The van der Waals surface area contributed by atoms with Crippen molar-refractivity contribution >= 4 is 23.3 Å². The van der Waals surface area contributed by atoms with Crippen LogP contribution >= 0.6 is 11.3 Å². The largest absolute Gasteiger partial charge is 0.444 e. The van der Waals surface area contributed by atoms with E-state index in [9.17, 15) is 4.79 Å². The van der Waals surface area contributed by atoms with Crippen LogP contribution in [0.3, 0.4) is 0 Å². The average Bonchev–Trinajstić information content (AvgIpc) is 2.62. The maximum atomic E-state index is 11.4. The van der Waals surface area contributed by atoms with E-state index in [1.807, 2.05) is 0 Å². The minimum absolute atomic E-state index is 0.0233. The van der Waals surface area contributed by atoms with Gasteiger partial charge in [0.1, 0.15) is 11.4 Å².